The fourth-order valence-electron chi connectivity index (χ4n) is 3.32. The van der Waals surface area contributed by atoms with Crippen molar-refractivity contribution >= 4 is 29.9 Å². The summed E-state index contributed by atoms with van der Waals surface area (Å²) in [5.74, 6) is 2.87. The highest BCUT2D eigenvalue weighted by Gasteiger charge is 2.25. The van der Waals surface area contributed by atoms with Gasteiger partial charge in [0.1, 0.15) is 0 Å². The van der Waals surface area contributed by atoms with E-state index in [4.69, 9.17) is 4.99 Å². The standard InChI is InChI=1S/C19H29N3.HI/c1-2-20-19(21-12-10-16-8-9-16)22-13-11-18(15-22)14-17-6-4-3-5-7-17;/h3-7,16,18H,2,8-15H2,1H3,(H,20,21);1H. The lowest BCUT2D eigenvalue weighted by molar-refractivity contribution is 0.459. The normalized spacial score (nSPS) is 21.2. The Morgan fingerprint density at radius 2 is 1.96 bits per heavy atom. The topological polar surface area (TPSA) is 27.6 Å². The molecule has 1 saturated heterocycles. The minimum Gasteiger partial charge on any atom is -0.357 e. The third kappa shape index (κ3) is 5.98. The molecule has 4 heteroatoms. The quantitative estimate of drug-likeness (QED) is 0.423. The number of benzene rings is 1. The van der Waals surface area contributed by atoms with Crippen LogP contribution in [-0.2, 0) is 6.42 Å². The predicted molar refractivity (Wildman–Crippen MR) is 109 cm³/mol. The summed E-state index contributed by atoms with van der Waals surface area (Å²) in [5.41, 5.74) is 1.46. The highest BCUT2D eigenvalue weighted by Crippen LogP contribution is 2.32. The van der Waals surface area contributed by atoms with Crippen molar-refractivity contribution in [2.75, 3.05) is 26.2 Å². The monoisotopic (exact) mass is 427 g/mol. The highest BCUT2D eigenvalue weighted by atomic mass is 127. The van der Waals surface area contributed by atoms with Crippen molar-refractivity contribution in [3.63, 3.8) is 0 Å². The molecule has 2 fully saturated rings. The van der Waals surface area contributed by atoms with Gasteiger partial charge in [-0.2, -0.15) is 0 Å². The zero-order valence-corrected chi connectivity index (χ0v) is 16.5. The van der Waals surface area contributed by atoms with Crippen molar-refractivity contribution < 1.29 is 0 Å². The summed E-state index contributed by atoms with van der Waals surface area (Å²) >= 11 is 0. The Balaban J connectivity index is 0.00000192. The second-order valence-corrected chi connectivity index (χ2v) is 6.76. The van der Waals surface area contributed by atoms with Crippen LogP contribution in [0.5, 0.6) is 0 Å². The molecule has 1 aromatic rings. The van der Waals surface area contributed by atoms with E-state index < -0.39 is 0 Å². The fraction of sp³-hybridized carbons (Fsp3) is 0.632. The van der Waals surface area contributed by atoms with E-state index in [1.807, 2.05) is 0 Å². The number of guanidine groups is 1. The van der Waals surface area contributed by atoms with Crippen LogP contribution in [0.25, 0.3) is 0 Å². The lowest BCUT2D eigenvalue weighted by Crippen LogP contribution is -2.40. The lowest BCUT2D eigenvalue weighted by atomic mass is 9.99. The van der Waals surface area contributed by atoms with Gasteiger partial charge in [-0.15, -0.1) is 24.0 Å². The Morgan fingerprint density at radius 3 is 2.65 bits per heavy atom. The van der Waals surface area contributed by atoms with E-state index >= 15 is 0 Å². The van der Waals surface area contributed by atoms with Crippen LogP contribution < -0.4 is 5.32 Å². The first-order valence-corrected chi connectivity index (χ1v) is 8.92. The summed E-state index contributed by atoms with van der Waals surface area (Å²) in [5, 5.41) is 3.48. The number of rotatable bonds is 6. The predicted octanol–water partition coefficient (Wildman–Crippen LogP) is 3.93. The van der Waals surface area contributed by atoms with Gasteiger partial charge in [0.2, 0.25) is 0 Å². The molecule has 0 amide bonds. The van der Waals surface area contributed by atoms with Crippen LogP contribution in [-0.4, -0.2) is 37.0 Å². The third-order valence-corrected chi connectivity index (χ3v) is 4.78. The van der Waals surface area contributed by atoms with Crippen LogP contribution in [0.1, 0.15) is 38.2 Å². The Hall–Kier alpha value is -0.780. The second-order valence-electron chi connectivity index (χ2n) is 6.76. The van der Waals surface area contributed by atoms with Gasteiger partial charge in [0.15, 0.2) is 5.96 Å². The smallest absolute Gasteiger partial charge is 0.193 e. The summed E-state index contributed by atoms with van der Waals surface area (Å²) in [6.07, 6.45) is 6.60. The molecule has 1 aliphatic heterocycles. The van der Waals surface area contributed by atoms with Crippen molar-refractivity contribution in [3.8, 4) is 0 Å². The molecule has 2 aliphatic rings. The van der Waals surface area contributed by atoms with E-state index in [1.165, 1.54) is 37.7 Å². The van der Waals surface area contributed by atoms with Crippen LogP contribution >= 0.6 is 24.0 Å². The first kappa shape index (κ1) is 18.6. The summed E-state index contributed by atoms with van der Waals surface area (Å²) < 4.78 is 0. The molecule has 1 atom stereocenters. The van der Waals surface area contributed by atoms with Gasteiger partial charge in [0.25, 0.3) is 0 Å². The summed E-state index contributed by atoms with van der Waals surface area (Å²) in [4.78, 5) is 7.31. The zero-order chi connectivity index (χ0) is 15.2. The molecule has 1 saturated carbocycles. The molecule has 1 N–H and O–H groups in total. The molecule has 1 aliphatic carbocycles. The number of halogens is 1. The summed E-state index contributed by atoms with van der Waals surface area (Å²) in [7, 11) is 0. The number of aliphatic imine (C=N–C) groups is 1. The van der Waals surface area contributed by atoms with Crippen molar-refractivity contribution in [3.05, 3.63) is 35.9 Å². The van der Waals surface area contributed by atoms with E-state index in [0.717, 1.165) is 44.0 Å². The van der Waals surface area contributed by atoms with Gasteiger partial charge < -0.3 is 10.2 Å². The third-order valence-electron chi connectivity index (χ3n) is 4.78. The SMILES string of the molecule is CCNC(=NCCC1CC1)N1CCC(Cc2ccccc2)C1.I. The number of likely N-dealkylation sites (tertiary alicyclic amines) is 1. The maximum absolute atomic E-state index is 4.85. The van der Waals surface area contributed by atoms with Gasteiger partial charge in [-0.3, -0.25) is 4.99 Å². The molecule has 128 valence electrons. The van der Waals surface area contributed by atoms with E-state index in [2.05, 4.69) is 47.5 Å². The number of hydrogen-bond acceptors (Lipinski definition) is 1. The molecule has 3 rings (SSSR count). The Kier molecular flexibility index (Phi) is 7.66. The van der Waals surface area contributed by atoms with E-state index in [9.17, 15) is 0 Å². The van der Waals surface area contributed by atoms with Gasteiger partial charge in [0.05, 0.1) is 0 Å². The van der Waals surface area contributed by atoms with Gasteiger partial charge >= 0.3 is 0 Å². The lowest BCUT2D eigenvalue weighted by Gasteiger charge is -2.21. The summed E-state index contributed by atoms with van der Waals surface area (Å²) in [6.45, 7) is 6.40. The van der Waals surface area contributed by atoms with E-state index in [1.54, 1.807) is 0 Å². The fourth-order valence-corrected chi connectivity index (χ4v) is 3.32. The minimum atomic E-state index is 0. The molecular formula is C19H30IN3. The first-order chi connectivity index (χ1) is 10.8. The average Bonchev–Trinajstić information content (AvgIpc) is 3.25. The second kappa shape index (κ2) is 9.50. The van der Waals surface area contributed by atoms with Crippen LogP contribution in [0.3, 0.4) is 0 Å². The van der Waals surface area contributed by atoms with Crippen molar-refractivity contribution in [2.45, 2.75) is 39.0 Å². The Bertz CT molecular complexity index is 485. The largest absolute Gasteiger partial charge is 0.357 e. The first-order valence-electron chi connectivity index (χ1n) is 8.92. The van der Waals surface area contributed by atoms with Gasteiger partial charge in [0, 0.05) is 26.2 Å². The molecule has 23 heavy (non-hydrogen) atoms. The molecule has 1 heterocycles. The number of nitrogens with zero attached hydrogens (tertiary/aromatic N) is 2. The molecule has 0 spiro atoms. The van der Waals surface area contributed by atoms with Crippen LogP contribution in [0.15, 0.2) is 35.3 Å². The maximum atomic E-state index is 4.85. The number of nitrogens with one attached hydrogen (secondary N) is 1. The molecule has 0 aromatic heterocycles. The molecule has 0 radical (unpaired) electrons. The molecule has 3 nitrogen and oxygen atoms in total. The van der Waals surface area contributed by atoms with E-state index in [0.29, 0.717) is 0 Å². The van der Waals surface area contributed by atoms with E-state index in [-0.39, 0.29) is 24.0 Å². The molecular weight excluding hydrogens is 397 g/mol. The Morgan fingerprint density at radius 1 is 1.17 bits per heavy atom. The summed E-state index contributed by atoms with van der Waals surface area (Å²) in [6, 6.07) is 10.9. The number of hydrogen-bond donors (Lipinski definition) is 1. The van der Waals surface area contributed by atoms with Gasteiger partial charge in [-0.05, 0) is 43.6 Å². The minimum absolute atomic E-state index is 0. The molecule has 1 unspecified atom stereocenters. The van der Waals surface area contributed by atoms with Crippen LogP contribution in [0.2, 0.25) is 0 Å². The van der Waals surface area contributed by atoms with Crippen LogP contribution in [0.4, 0.5) is 0 Å². The van der Waals surface area contributed by atoms with Crippen LogP contribution in [0, 0.1) is 11.8 Å². The molecule has 0 bridgehead atoms. The Labute approximate surface area is 158 Å². The van der Waals surface area contributed by atoms with Crippen molar-refractivity contribution in [1.82, 2.24) is 10.2 Å². The average molecular weight is 427 g/mol. The zero-order valence-electron chi connectivity index (χ0n) is 14.2. The van der Waals surface area contributed by atoms with Crippen molar-refractivity contribution in [1.29, 1.82) is 0 Å². The van der Waals surface area contributed by atoms with Gasteiger partial charge in [-0.1, -0.05) is 43.2 Å². The maximum Gasteiger partial charge on any atom is 0.193 e. The van der Waals surface area contributed by atoms with Crippen molar-refractivity contribution in [2.24, 2.45) is 16.8 Å². The van der Waals surface area contributed by atoms with Gasteiger partial charge in [-0.25, -0.2) is 0 Å². The molecule has 1 aromatic carbocycles. The highest BCUT2D eigenvalue weighted by molar-refractivity contribution is 14.0.